The van der Waals surface area contributed by atoms with Crippen molar-refractivity contribution in [1.29, 1.82) is 0 Å². The van der Waals surface area contributed by atoms with Crippen molar-refractivity contribution in [2.45, 2.75) is 43.6 Å². The van der Waals surface area contributed by atoms with Gasteiger partial charge in [0, 0.05) is 17.7 Å². The maximum Gasteiger partial charge on any atom is 0.247 e. The molecule has 0 aliphatic rings. The minimum absolute atomic E-state index is 0.108. The van der Waals surface area contributed by atoms with Crippen molar-refractivity contribution in [1.82, 2.24) is 25.0 Å². The van der Waals surface area contributed by atoms with Gasteiger partial charge in [-0.3, -0.25) is 4.57 Å². The van der Waals surface area contributed by atoms with Gasteiger partial charge in [0.2, 0.25) is 11.8 Å². The van der Waals surface area contributed by atoms with Crippen LogP contribution in [0, 0.1) is 0 Å². The largest absolute Gasteiger partial charge is 0.420 e. The van der Waals surface area contributed by atoms with Crippen LogP contribution in [-0.2, 0) is 17.7 Å². The maximum atomic E-state index is 5.81. The first kappa shape index (κ1) is 21.1. The molecule has 2 aromatic heterocycles. The molecule has 0 atom stereocenters. The Kier molecular flexibility index (Phi) is 6.04. The Bertz CT molecular complexity index is 1160. The number of thioether (sulfide) groups is 1. The van der Waals surface area contributed by atoms with Gasteiger partial charge in [-0.25, -0.2) is 0 Å². The topological polar surface area (TPSA) is 69.6 Å². The molecule has 4 rings (SSSR count). The van der Waals surface area contributed by atoms with Crippen LogP contribution in [0.15, 0.2) is 76.8 Å². The van der Waals surface area contributed by atoms with E-state index in [9.17, 15) is 0 Å². The maximum absolute atomic E-state index is 5.81. The first-order valence-electron chi connectivity index (χ1n) is 10.1. The number of rotatable bonds is 7. The molecule has 7 heteroatoms. The summed E-state index contributed by atoms with van der Waals surface area (Å²) in [5, 5.41) is 17.9. The third kappa shape index (κ3) is 4.77. The SMILES string of the molecule is C=CCn1c(SCc2nnc(-c3ccccc3)o2)nnc1-c1ccc(C(C)(C)C)cc1. The lowest BCUT2D eigenvalue weighted by Gasteiger charge is -2.19. The van der Waals surface area contributed by atoms with Gasteiger partial charge in [-0.05, 0) is 23.1 Å². The normalized spacial score (nSPS) is 11.6. The summed E-state index contributed by atoms with van der Waals surface area (Å²) in [6.07, 6.45) is 1.85. The molecule has 0 unspecified atom stereocenters. The van der Waals surface area contributed by atoms with E-state index < -0.39 is 0 Å². The van der Waals surface area contributed by atoms with Crippen LogP contribution in [0.2, 0.25) is 0 Å². The Labute approximate surface area is 186 Å². The first-order chi connectivity index (χ1) is 15.0. The van der Waals surface area contributed by atoms with Crippen molar-refractivity contribution >= 4 is 11.8 Å². The molecular formula is C24H25N5OS. The van der Waals surface area contributed by atoms with Crippen LogP contribution in [-0.4, -0.2) is 25.0 Å². The molecule has 0 bridgehead atoms. The Morgan fingerprint density at radius 3 is 2.35 bits per heavy atom. The van der Waals surface area contributed by atoms with Crippen LogP contribution in [0.4, 0.5) is 0 Å². The molecule has 158 valence electrons. The Morgan fingerprint density at radius 1 is 0.935 bits per heavy atom. The van der Waals surface area contributed by atoms with Gasteiger partial charge in [0.15, 0.2) is 11.0 Å². The fourth-order valence-corrected chi connectivity index (χ4v) is 3.94. The summed E-state index contributed by atoms with van der Waals surface area (Å²) in [7, 11) is 0. The molecule has 0 aliphatic heterocycles. The van der Waals surface area contributed by atoms with Gasteiger partial charge in [-0.2, -0.15) is 0 Å². The van der Waals surface area contributed by atoms with Crippen molar-refractivity contribution in [2.24, 2.45) is 0 Å². The van der Waals surface area contributed by atoms with Crippen molar-refractivity contribution in [3.8, 4) is 22.8 Å². The van der Waals surface area contributed by atoms with Crippen LogP contribution in [0.5, 0.6) is 0 Å². The van der Waals surface area contributed by atoms with Crippen LogP contribution in [0.25, 0.3) is 22.8 Å². The molecule has 2 aromatic carbocycles. The highest BCUT2D eigenvalue weighted by Gasteiger charge is 2.17. The zero-order valence-electron chi connectivity index (χ0n) is 17.9. The van der Waals surface area contributed by atoms with Gasteiger partial charge in [0.25, 0.3) is 0 Å². The number of allylic oxidation sites excluding steroid dienone is 1. The highest BCUT2D eigenvalue weighted by molar-refractivity contribution is 7.98. The lowest BCUT2D eigenvalue weighted by atomic mass is 9.87. The summed E-state index contributed by atoms with van der Waals surface area (Å²) >= 11 is 1.52. The monoisotopic (exact) mass is 431 g/mol. The van der Waals surface area contributed by atoms with E-state index in [1.807, 2.05) is 36.4 Å². The molecule has 0 amide bonds. The average molecular weight is 432 g/mol. The summed E-state index contributed by atoms with van der Waals surface area (Å²) in [5.74, 6) is 2.40. The van der Waals surface area contributed by atoms with E-state index in [0.29, 0.717) is 24.1 Å². The molecule has 0 N–H and O–H groups in total. The summed E-state index contributed by atoms with van der Waals surface area (Å²) < 4.78 is 7.86. The fourth-order valence-electron chi connectivity index (χ4n) is 3.16. The van der Waals surface area contributed by atoms with E-state index in [0.717, 1.165) is 22.1 Å². The van der Waals surface area contributed by atoms with Gasteiger partial charge >= 0.3 is 0 Å². The molecule has 2 heterocycles. The Balaban J connectivity index is 1.53. The summed E-state index contributed by atoms with van der Waals surface area (Å²) in [6, 6.07) is 18.2. The predicted molar refractivity (Wildman–Crippen MR) is 124 cm³/mol. The second-order valence-corrected chi connectivity index (χ2v) is 9.13. The van der Waals surface area contributed by atoms with E-state index >= 15 is 0 Å². The second kappa shape index (κ2) is 8.89. The van der Waals surface area contributed by atoms with Gasteiger partial charge in [0.1, 0.15) is 0 Å². The van der Waals surface area contributed by atoms with Gasteiger partial charge < -0.3 is 4.42 Å². The number of benzene rings is 2. The van der Waals surface area contributed by atoms with E-state index in [1.165, 1.54) is 17.3 Å². The van der Waals surface area contributed by atoms with E-state index in [4.69, 9.17) is 4.42 Å². The zero-order chi connectivity index (χ0) is 21.8. The lowest BCUT2D eigenvalue weighted by molar-refractivity contribution is 0.528. The van der Waals surface area contributed by atoms with E-state index in [1.54, 1.807) is 0 Å². The molecular weight excluding hydrogens is 406 g/mol. The number of hydrogen-bond acceptors (Lipinski definition) is 6. The minimum Gasteiger partial charge on any atom is -0.420 e. The predicted octanol–water partition coefficient (Wildman–Crippen LogP) is 5.77. The van der Waals surface area contributed by atoms with Crippen molar-refractivity contribution in [3.05, 3.63) is 78.7 Å². The average Bonchev–Trinajstić information content (AvgIpc) is 3.40. The zero-order valence-corrected chi connectivity index (χ0v) is 18.8. The quantitative estimate of drug-likeness (QED) is 0.273. The smallest absolute Gasteiger partial charge is 0.247 e. The Hall–Kier alpha value is -3.19. The van der Waals surface area contributed by atoms with Crippen molar-refractivity contribution < 1.29 is 4.42 Å². The molecule has 4 aromatic rings. The third-order valence-corrected chi connectivity index (χ3v) is 5.80. The number of nitrogens with zero attached hydrogens (tertiary/aromatic N) is 5. The van der Waals surface area contributed by atoms with E-state index in [-0.39, 0.29) is 5.41 Å². The summed E-state index contributed by atoms with van der Waals surface area (Å²) in [4.78, 5) is 0. The van der Waals surface area contributed by atoms with Gasteiger partial charge in [-0.15, -0.1) is 27.0 Å². The molecule has 0 fully saturated rings. The van der Waals surface area contributed by atoms with E-state index in [2.05, 4.69) is 76.6 Å². The molecule has 0 saturated heterocycles. The summed E-state index contributed by atoms with van der Waals surface area (Å²) in [6.45, 7) is 11.1. The molecule has 31 heavy (non-hydrogen) atoms. The van der Waals surface area contributed by atoms with Crippen LogP contribution >= 0.6 is 11.8 Å². The molecule has 0 saturated carbocycles. The molecule has 0 spiro atoms. The number of hydrogen-bond donors (Lipinski definition) is 0. The highest BCUT2D eigenvalue weighted by atomic mass is 32.2. The highest BCUT2D eigenvalue weighted by Crippen LogP contribution is 2.29. The van der Waals surface area contributed by atoms with Crippen molar-refractivity contribution in [3.63, 3.8) is 0 Å². The molecule has 0 radical (unpaired) electrons. The van der Waals surface area contributed by atoms with Gasteiger partial charge in [-0.1, -0.05) is 81.1 Å². The molecule has 0 aliphatic carbocycles. The van der Waals surface area contributed by atoms with Crippen LogP contribution in [0.1, 0.15) is 32.2 Å². The number of aromatic nitrogens is 5. The summed E-state index contributed by atoms with van der Waals surface area (Å²) in [5.41, 5.74) is 3.32. The van der Waals surface area contributed by atoms with Gasteiger partial charge in [0.05, 0.1) is 5.75 Å². The molecule has 6 nitrogen and oxygen atoms in total. The third-order valence-electron chi connectivity index (χ3n) is 4.85. The Morgan fingerprint density at radius 2 is 1.68 bits per heavy atom. The lowest BCUT2D eigenvalue weighted by Crippen LogP contribution is -2.10. The first-order valence-corrected chi connectivity index (χ1v) is 11.1. The van der Waals surface area contributed by atoms with Crippen LogP contribution in [0.3, 0.4) is 0 Å². The van der Waals surface area contributed by atoms with Crippen LogP contribution < -0.4 is 0 Å². The second-order valence-electron chi connectivity index (χ2n) is 8.19. The minimum atomic E-state index is 0.108. The van der Waals surface area contributed by atoms with Crippen molar-refractivity contribution in [2.75, 3.05) is 0 Å². The standard InChI is InChI=1S/C24H25N5OS/c1-5-15-29-21(17-11-13-19(14-12-17)24(2,3)4)26-28-23(29)31-16-20-25-27-22(30-20)18-9-7-6-8-10-18/h5-14H,1,15-16H2,2-4H3. The fraction of sp³-hybridized carbons (Fsp3) is 0.250.